The zero-order chi connectivity index (χ0) is 93.1. The minimum atomic E-state index is -4.96. The van der Waals surface area contributed by atoms with E-state index in [0.717, 1.165) is 145 Å². The summed E-state index contributed by atoms with van der Waals surface area (Å²) in [5.74, 6) is 0.694. The number of alkyl halides is 6. The number of unbranched alkanes of at least 4 members (excludes halogenated alkanes) is 15. The molecule has 10 aromatic carbocycles. The predicted molar refractivity (Wildman–Crippen MR) is 513 cm³/mol. The molecule has 0 fully saturated rings. The zero-order valence-corrected chi connectivity index (χ0v) is 75.9. The number of amides is 4. The number of aromatic nitrogens is 4. The van der Waals surface area contributed by atoms with Gasteiger partial charge in [-0.25, -0.2) is 4.39 Å². The van der Waals surface area contributed by atoms with E-state index >= 15 is 0 Å². The van der Waals surface area contributed by atoms with Crippen LogP contribution in [0.4, 0.5) is 30.7 Å². The normalized spacial score (nSPS) is 11.6. The molecule has 0 unspecified atom stereocenters. The maximum Gasteiger partial charge on any atom is 0.416 e. The lowest BCUT2D eigenvalue weighted by Crippen LogP contribution is -2.13. The van der Waals surface area contributed by atoms with E-state index in [0.29, 0.717) is 41.8 Å². The fourth-order valence-corrected chi connectivity index (χ4v) is 16.8. The Balaban J connectivity index is 0.000000169. The number of primary amides is 4. The highest BCUT2D eigenvalue weighted by molar-refractivity contribution is 5.96. The lowest BCUT2D eigenvalue weighted by molar-refractivity contribution is -0.143. The molecular weight excluding hydrogens is 1650 g/mol. The molecule has 0 spiro atoms. The second kappa shape index (κ2) is 46.6. The van der Waals surface area contributed by atoms with E-state index < -0.39 is 29.4 Å². The van der Waals surface area contributed by atoms with Crippen LogP contribution in [0.3, 0.4) is 0 Å². The molecule has 684 valence electrons. The van der Waals surface area contributed by atoms with Gasteiger partial charge in [0.05, 0.1) is 43.4 Å². The highest BCUT2D eigenvalue weighted by atomic mass is 19.4. The molecule has 4 amide bonds. The van der Waals surface area contributed by atoms with Gasteiger partial charge in [0.15, 0.2) is 0 Å². The van der Waals surface area contributed by atoms with Gasteiger partial charge >= 0.3 is 12.4 Å². The standard InChI is InChI=1S/C30H34N2O2.C29H26F6N2O.C26H34N2O2.C24H29FN2O/c1-2-3-4-5-6-10-19-32-22-25(21-30(31)33)28-20-24(15-18-29(28)32)23-13-16-27(17-14-23)34-26-11-8-7-9-12-26;1-27(2,3)21-7-4-17(5-8-21)15-37-16-20(13-26(36)38)24-12-18(6-9-25(24)37)19-10-22(28(30,31)32)14-23(11-19)29(33,34)35;1-3-5-6-7-8-9-15-28-19-22(18-26(27)29)24-17-21(13-14-25(24)28)20-11-10-12-23(16-20)30-4-2;1-2-3-4-5-6-7-13-27-17-20(16-24(26)28)22-15-19(11-12-23(22)27)18-9-8-10-21(25)14-18/h7-9,11-18,20,22H,2-6,10,19,21H2,1H3,(H2,31,33);4-12,14,16H,13,15H2,1-3H3,(H2,36,38);10-14,16-17,19H,3-9,15,18H2,1-2H3,(H2,27,29);8-12,14-15,17H,2-7,13,16H2,1H3,(H2,26,28). The smallest absolute Gasteiger partial charge is 0.416 e. The second-order valence-corrected chi connectivity index (χ2v) is 34.8. The number of nitrogens with two attached hydrogens (primary N) is 4. The summed E-state index contributed by atoms with van der Waals surface area (Å²) in [6.45, 7) is 19.0. The van der Waals surface area contributed by atoms with Crippen LogP contribution in [-0.4, -0.2) is 48.5 Å². The van der Waals surface area contributed by atoms with Crippen LogP contribution in [-0.2, 0) is 88.8 Å². The van der Waals surface area contributed by atoms with Gasteiger partial charge in [-0.2, -0.15) is 26.3 Å². The maximum absolute atomic E-state index is 13.6. The number of benzene rings is 10. The van der Waals surface area contributed by atoms with Crippen molar-refractivity contribution in [3.63, 3.8) is 0 Å². The van der Waals surface area contributed by atoms with Crippen molar-refractivity contribution < 1.29 is 59.4 Å². The summed E-state index contributed by atoms with van der Waals surface area (Å²) < 4.78 is 114. The number of rotatable bonds is 39. The van der Waals surface area contributed by atoms with Crippen molar-refractivity contribution >= 4 is 67.2 Å². The quantitative estimate of drug-likeness (QED) is 0.0217. The monoisotopic (exact) mass is 1770 g/mol. The summed E-state index contributed by atoms with van der Waals surface area (Å²) in [4.78, 5) is 46.7. The molecule has 21 heteroatoms. The molecule has 0 aliphatic rings. The molecule has 0 atom stereocenters. The third kappa shape index (κ3) is 27.9. The number of halogens is 7. The van der Waals surface area contributed by atoms with E-state index in [2.05, 4.69) is 141 Å². The summed E-state index contributed by atoms with van der Waals surface area (Å²) in [7, 11) is 0. The molecular formula is C109H123F7N8O6. The number of carbonyl (C=O) groups is 4. The van der Waals surface area contributed by atoms with Crippen LogP contribution in [0.15, 0.2) is 243 Å². The van der Waals surface area contributed by atoms with Crippen LogP contribution in [0.1, 0.15) is 209 Å². The van der Waals surface area contributed by atoms with E-state index in [1.54, 1.807) is 18.3 Å². The van der Waals surface area contributed by atoms with Crippen molar-refractivity contribution in [2.24, 2.45) is 22.9 Å². The maximum atomic E-state index is 13.6. The molecule has 4 aromatic heterocycles. The Labute approximate surface area is 759 Å². The van der Waals surface area contributed by atoms with Gasteiger partial charge in [-0.05, 0) is 225 Å². The Morgan fingerprint density at radius 3 is 1.04 bits per heavy atom. The predicted octanol–water partition coefficient (Wildman–Crippen LogP) is 27.1. The summed E-state index contributed by atoms with van der Waals surface area (Å²) in [6.07, 6.45) is 21.3. The molecule has 130 heavy (non-hydrogen) atoms. The number of ether oxygens (including phenoxy) is 2. The first-order chi connectivity index (χ1) is 62.4. The van der Waals surface area contributed by atoms with Gasteiger partial charge in [0.25, 0.3) is 0 Å². The van der Waals surface area contributed by atoms with Gasteiger partial charge in [0.2, 0.25) is 23.6 Å². The highest BCUT2D eigenvalue weighted by Gasteiger charge is 2.37. The Morgan fingerprint density at radius 2 is 0.654 bits per heavy atom. The van der Waals surface area contributed by atoms with Crippen molar-refractivity contribution in [2.75, 3.05) is 6.61 Å². The van der Waals surface area contributed by atoms with Crippen LogP contribution in [0.2, 0.25) is 0 Å². The molecule has 4 heterocycles. The first-order valence-electron chi connectivity index (χ1n) is 45.7. The van der Waals surface area contributed by atoms with Crippen molar-refractivity contribution in [3.05, 3.63) is 294 Å². The average Bonchev–Trinajstić information content (AvgIpc) is 1.55. The molecule has 14 nitrogen and oxygen atoms in total. The lowest BCUT2D eigenvalue weighted by Gasteiger charge is -2.19. The van der Waals surface area contributed by atoms with E-state index in [1.165, 1.54) is 126 Å². The average molecular weight is 1770 g/mol. The zero-order valence-electron chi connectivity index (χ0n) is 75.9. The van der Waals surface area contributed by atoms with Crippen LogP contribution >= 0.6 is 0 Å². The van der Waals surface area contributed by atoms with Gasteiger partial charge in [-0.15, -0.1) is 0 Å². The minimum absolute atomic E-state index is 0.0147. The number of aryl methyl sites for hydroxylation is 3. The van der Waals surface area contributed by atoms with Gasteiger partial charge in [0, 0.05) is 94.6 Å². The first-order valence-corrected chi connectivity index (χ1v) is 45.7. The highest BCUT2D eigenvalue weighted by Crippen LogP contribution is 2.42. The first kappa shape index (κ1) is 98.0. The van der Waals surface area contributed by atoms with E-state index in [-0.39, 0.29) is 71.8 Å². The van der Waals surface area contributed by atoms with E-state index in [9.17, 15) is 49.9 Å². The molecule has 0 aliphatic heterocycles. The molecule has 14 rings (SSSR count). The minimum Gasteiger partial charge on any atom is -0.494 e. The topological polar surface area (TPSA) is 211 Å². The molecule has 14 aromatic rings. The SMILES string of the molecule is CC(C)(C)c1ccc(Cn2cc(CC(N)=O)c3cc(-c4cc(C(F)(F)F)cc(C(F)(F)F)c4)ccc32)cc1.CCCCCCCCn1cc(CC(N)=O)c2cc(-c3ccc(Oc4ccccc4)cc3)ccc21.CCCCCCCCn1cc(CC(N)=O)c2cc(-c3cccc(F)c3)ccc21.CCCCCCCCn1cc(CC(N)=O)c2cc(-c3cccc(OCC)c3)ccc21. The number of para-hydroxylation sites is 1. The number of fused-ring (bicyclic) bond motifs is 4. The van der Waals surface area contributed by atoms with Crippen molar-refractivity contribution in [1.82, 2.24) is 18.3 Å². The Bertz CT molecular complexity index is 6060. The fraction of sp³-hybridized carbons (Fsp3) is 0.339. The summed E-state index contributed by atoms with van der Waals surface area (Å²) >= 11 is 0. The molecule has 0 aliphatic carbocycles. The lowest BCUT2D eigenvalue weighted by atomic mass is 9.87. The molecule has 0 saturated carbocycles. The Hall–Kier alpha value is -12.7. The number of hydrogen-bond donors (Lipinski definition) is 4. The molecule has 0 saturated heterocycles. The largest absolute Gasteiger partial charge is 0.494 e. The van der Waals surface area contributed by atoms with Gasteiger partial charge in [-0.1, -0.05) is 241 Å². The Morgan fingerprint density at radius 1 is 0.315 bits per heavy atom. The van der Waals surface area contributed by atoms with Crippen LogP contribution in [0.5, 0.6) is 17.2 Å². The van der Waals surface area contributed by atoms with E-state index in [1.807, 2.05) is 109 Å². The van der Waals surface area contributed by atoms with Crippen molar-refractivity contribution in [1.29, 1.82) is 0 Å². The summed E-state index contributed by atoms with van der Waals surface area (Å²) in [5, 5.41) is 3.76. The van der Waals surface area contributed by atoms with Crippen LogP contribution < -0.4 is 32.4 Å². The second-order valence-electron chi connectivity index (χ2n) is 34.8. The summed E-state index contributed by atoms with van der Waals surface area (Å²) in [6, 6.07) is 65.9. The molecule has 0 radical (unpaired) electrons. The third-order valence-corrected chi connectivity index (χ3v) is 23.5. The van der Waals surface area contributed by atoms with Gasteiger partial charge in [-0.3, -0.25) is 19.2 Å². The summed E-state index contributed by atoms with van der Waals surface area (Å²) in [5.41, 5.74) is 35.1. The van der Waals surface area contributed by atoms with Crippen LogP contribution in [0, 0.1) is 5.82 Å². The van der Waals surface area contributed by atoms with Gasteiger partial charge < -0.3 is 50.7 Å². The van der Waals surface area contributed by atoms with Crippen molar-refractivity contribution in [3.8, 4) is 61.8 Å². The number of hydrogen-bond acceptors (Lipinski definition) is 6. The fourth-order valence-electron chi connectivity index (χ4n) is 16.8. The van der Waals surface area contributed by atoms with Crippen LogP contribution in [0.25, 0.3) is 88.1 Å². The number of carbonyl (C=O) groups excluding carboxylic acids is 4. The van der Waals surface area contributed by atoms with E-state index in [4.69, 9.17) is 32.4 Å². The number of nitrogens with zero attached hydrogens (tertiary/aromatic N) is 4. The van der Waals surface area contributed by atoms with Gasteiger partial charge in [0.1, 0.15) is 23.1 Å². The molecule has 8 N–H and O–H groups in total. The van der Waals surface area contributed by atoms with Crippen molar-refractivity contribution in [2.45, 2.75) is 234 Å². The Kier molecular flexibility index (Phi) is 35.1. The third-order valence-electron chi connectivity index (χ3n) is 23.5. The molecule has 0 bridgehead atoms.